The Labute approximate surface area is 157 Å². The second kappa shape index (κ2) is 6.89. The SMILES string of the molecule is c1ccc2c(c1)OCC(CN1CCC(c3nc4ccccc4s3)CC1)O2. The number of aromatic nitrogens is 1. The van der Waals surface area contributed by atoms with E-state index in [0.29, 0.717) is 12.5 Å². The highest BCUT2D eigenvalue weighted by molar-refractivity contribution is 7.18. The number of hydrogen-bond donors (Lipinski definition) is 0. The summed E-state index contributed by atoms with van der Waals surface area (Å²) in [5.41, 5.74) is 1.14. The molecular formula is C21H22N2O2S. The van der Waals surface area contributed by atoms with Crippen molar-refractivity contribution in [2.24, 2.45) is 0 Å². The lowest BCUT2D eigenvalue weighted by Crippen LogP contribution is -2.43. The average Bonchev–Trinajstić information content (AvgIpc) is 3.13. The summed E-state index contributed by atoms with van der Waals surface area (Å²) < 4.78 is 13.3. The van der Waals surface area contributed by atoms with Crippen molar-refractivity contribution in [3.8, 4) is 11.5 Å². The predicted molar refractivity (Wildman–Crippen MR) is 104 cm³/mol. The highest BCUT2D eigenvalue weighted by atomic mass is 32.1. The van der Waals surface area contributed by atoms with Crippen molar-refractivity contribution in [1.82, 2.24) is 9.88 Å². The Kier molecular flexibility index (Phi) is 4.27. The standard InChI is InChI=1S/C21H22N2O2S/c1-4-8-20-17(5-1)22-21(26-20)15-9-11-23(12-10-15)13-16-14-24-18-6-2-3-7-19(18)25-16/h1-8,15-16H,9-14H2. The van der Waals surface area contributed by atoms with Crippen molar-refractivity contribution >= 4 is 21.6 Å². The maximum absolute atomic E-state index is 6.11. The largest absolute Gasteiger partial charge is 0.486 e. The first-order valence-electron chi connectivity index (χ1n) is 9.31. The summed E-state index contributed by atoms with van der Waals surface area (Å²) in [6.07, 6.45) is 2.46. The molecule has 1 aromatic heterocycles. The second-order valence-corrected chi connectivity index (χ2v) is 8.15. The molecule has 4 nitrogen and oxygen atoms in total. The van der Waals surface area contributed by atoms with Crippen LogP contribution < -0.4 is 9.47 Å². The van der Waals surface area contributed by atoms with Gasteiger partial charge in [-0.15, -0.1) is 11.3 Å². The number of hydrogen-bond acceptors (Lipinski definition) is 5. The molecule has 0 saturated carbocycles. The average molecular weight is 366 g/mol. The molecule has 1 unspecified atom stereocenters. The number of benzene rings is 2. The van der Waals surface area contributed by atoms with Crippen molar-refractivity contribution in [3.63, 3.8) is 0 Å². The molecule has 26 heavy (non-hydrogen) atoms. The third-order valence-electron chi connectivity index (χ3n) is 5.28. The van der Waals surface area contributed by atoms with Crippen LogP contribution in [0.1, 0.15) is 23.8 Å². The van der Waals surface area contributed by atoms with Crippen LogP contribution in [-0.2, 0) is 0 Å². The number of fused-ring (bicyclic) bond motifs is 2. The Hall–Kier alpha value is -2.11. The lowest BCUT2D eigenvalue weighted by Gasteiger charge is -2.35. The van der Waals surface area contributed by atoms with Crippen molar-refractivity contribution < 1.29 is 9.47 Å². The Bertz CT molecular complexity index is 869. The van der Waals surface area contributed by atoms with Crippen LogP contribution in [0.25, 0.3) is 10.2 Å². The minimum Gasteiger partial charge on any atom is -0.486 e. The van der Waals surface area contributed by atoms with Gasteiger partial charge in [0.1, 0.15) is 12.7 Å². The Morgan fingerprint density at radius 3 is 2.62 bits per heavy atom. The molecule has 2 aliphatic heterocycles. The van der Waals surface area contributed by atoms with Crippen LogP contribution in [0, 0.1) is 0 Å². The third kappa shape index (κ3) is 3.17. The van der Waals surface area contributed by atoms with E-state index in [2.05, 4.69) is 29.2 Å². The molecular weight excluding hydrogens is 344 g/mol. The number of nitrogens with zero attached hydrogens (tertiary/aromatic N) is 2. The van der Waals surface area contributed by atoms with E-state index in [1.54, 1.807) is 0 Å². The van der Waals surface area contributed by atoms with Gasteiger partial charge in [-0.05, 0) is 50.2 Å². The lowest BCUT2D eigenvalue weighted by molar-refractivity contribution is 0.0514. The number of thiazole rings is 1. The summed E-state index contributed by atoms with van der Waals surface area (Å²) in [7, 11) is 0. The summed E-state index contributed by atoms with van der Waals surface area (Å²) >= 11 is 1.86. The fraction of sp³-hybridized carbons (Fsp3) is 0.381. The molecule has 5 heteroatoms. The van der Waals surface area contributed by atoms with Crippen LogP contribution in [-0.4, -0.2) is 42.2 Å². The van der Waals surface area contributed by atoms with Crippen LogP contribution in [0.5, 0.6) is 11.5 Å². The number of rotatable bonds is 3. The Morgan fingerprint density at radius 2 is 1.77 bits per heavy atom. The second-order valence-electron chi connectivity index (χ2n) is 7.09. The van der Waals surface area contributed by atoms with Gasteiger partial charge in [0.2, 0.25) is 0 Å². The van der Waals surface area contributed by atoms with E-state index in [-0.39, 0.29) is 6.10 Å². The summed E-state index contributed by atoms with van der Waals surface area (Å²) in [6, 6.07) is 16.4. The van der Waals surface area contributed by atoms with Crippen LogP contribution in [0.4, 0.5) is 0 Å². The monoisotopic (exact) mass is 366 g/mol. The molecule has 5 rings (SSSR count). The van der Waals surface area contributed by atoms with Gasteiger partial charge in [0.05, 0.1) is 15.2 Å². The van der Waals surface area contributed by atoms with Gasteiger partial charge in [0.25, 0.3) is 0 Å². The maximum Gasteiger partial charge on any atom is 0.161 e. The zero-order valence-corrected chi connectivity index (χ0v) is 15.5. The Morgan fingerprint density at radius 1 is 1.00 bits per heavy atom. The van der Waals surface area contributed by atoms with Crippen LogP contribution in [0.15, 0.2) is 48.5 Å². The van der Waals surface area contributed by atoms with Gasteiger partial charge in [0.15, 0.2) is 11.5 Å². The zero-order valence-electron chi connectivity index (χ0n) is 14.6. The fourth-order valence-electron chi connectivity index (χ4n) is 3.87. The predicted octanol–water partition coefficient (Wildman–Crippen LogP) is 4.32. The normalized spacial score (nSPS) is 21.2. The van der Waals surface area contributed by atoms with Crippen LogP contribution in [0.2, 0.25) is 0 Å². The van der Waals surface area contributed by atoms with Crippen molar-refractivity contribution in [3.05, 3.63) is 53.5 Å². The highest BCUT2D eigenvalue weighted by Gasteiger charge is 2.27. The molecule has 1 fully saturated rings. The quantitative estimate of drug-likeness (QED) is 0.692. The molecule has 0 amide bonds. The molecule has 0 aliphatic carbocycles. The molecule has 134 valence electrons. The minimum absolute atomic E-state index is 0.115. The van der Waals surface area contributed by atoms with Gasteiger partial charge in [-0.3, -0.25) is 4.90 Å². The summed E-state index contributed by atoms with van der Waals surface area (Å²) in [5, 5.41) is 1.30. The van der Waals surface area contributed by atoms with Gasteiger partial charge in [-0.25, -0.2) is 4.98 Å². The topological polar surface area (TPSA) is 34.6 Å². The van der Waals surface area contributed by atoms with Crippen molar-refractivity contribution in [1.29, 1.82) is 0 Å². The smallest absolute Gasteiger partial charge is 0.161 e. The van der Waals surface area contributed by atoms with Crippen LogP contribution >= 0.6 is 11.3 Å². The summed E-state index contributed by atoms with van der Waals surface area (Å²) in [5.74, 6) is 2.32. The van der Waals surface area contributed by atoms with E-state index >= 15 is 0 Å². The van der Waals surface area contributed by atoms with E-state index < -0.39 is 0 Å². The van der Waals surface area contributed by atoms with Crippen molar-refractivity contribution in [2.75, 3.05) is 26.2 Å². The van der Waals surface area contributed by atoms with Crippen molar-refractivity contribution in [2.45, 2.75) is 24.9 Å². The molecule has 3 aromatic rings. The molecule has 0 spiro atoms. The lowest BCUT2D eigenvalue weighted by atomic mass is 9.97. The van der Waals surface area contributed by atoms with E-state index in [4.69, 9.17) is 14.5 Å². The molecule has 0 radical (unpaired) electrons. The summed E-state index contributed by atoms with van der Waals surface area (Å²) in [4.78, 5) is 7.36. The van der Waals surface area contributed by atoms with E-state index in [9.17, 15) is 0 Å². The first kappa shape index (κ1) is 16.1. The fourth-order valence-corrected chi connectivity index (χ4v) is 5.00. The van der Waals surface area contributed by atoms with Crippen LogP contribution in [0.3, 0.4) is 0 Å². The zero-order chi connectivity index (χ0) is 17.3. The molecule has 0 N–H and O–H groups in total. The van der Waals surface area contributed by atoms with Gasteiger partial charge in [-0.1, -0.05) is 24.3 Å². The number of ether oxygens (including phenoxy) is 2. The molecule has 2 aromatic carbocycles. The Balaban J connectivity index is 1.19. The number of para-hydroxylation sites is 3. The first-order valence-corrected chi connectivity index (χ1v) is 10.1. The number of piperidine rings is 1. The van der Waals surface area contributed by atoms with E-state index in [1.165, 1.54) is 22.5 Å². The maximum atomic E-state index is 6.11. The summed E-state index contributed by atoms with van der Waals surface area (Å²) in [6.45, 7) is 3.76. The molecule has 2 aliphatic rings. The molecule has 3 heterocycles. The highest BCUT2D eigenvalue weighted by Crippen LogP contribution is 2.35. The van der Waals surface area contributed by atoms with Gasteiger partial charge >= 0.3 is 0 Å². The van der Waals surface area contributed by atoms with E-state index in [1.807, 2.05) is 35.6 Å². The van der Waals surface area contributed by atoms with Gasteiger partial charge < -0.3 is 9.47 Å². The van der Waals surface area contributed by atoms with E-state index in [0.717, 1.165) is 36.6 Å². The molecule has 0 bridgehead atoms. The third-order valence-corrected chi connectivity index (χ3v) is 6.48. The molecule has 1 saturated heterocycles. The van der Waals surface area contributed by atoms with Gasteiger partial charge in [0, 0.05) is 12.5 Å². The first-order chi connectivity index (χ1) is 12.8. The minimum atomic E-state index is 0.115. The number of likely N-dealkylation sites (tertiary alicyclic amines) is 1. The molecule has 1 atom stereocenters. The van der Waals surface area contributed by atoms with Gasteiger partial charge in [-0.2, -0.15) is 0 Å².